The number of carbonyl (C=O) groups is 2. The zero-order valence-corrected chi connectivity index (χ0v) is 16.6. The first kappa shape index (κ1) is 19.9. The Kier molecular flexibility index (Phi) is 6.00. The van der Waals surface area contributed by atoms with Crippen molar-refractivity contribution in [2.75, 3.05) is 17.2 Å². The van der Waals surface area contributed by atoms with Crippen LogP contribution >= 0.6 is 27.5 Å². The van der Waals surface area contributed by atoms with Gasteiger partial charge >= 0.3 is 12.2 Å². The molecule has 0 spiro atoms. The second-order valence-electron chi connectivity index (χ2n) is 5.22. The van der Waals surface area contributed by atoms with Crippen LogP contribution in [0.25, 0.3) is 11.1 Å². The smallest absolute Gasteiger partial charge is 0.417 e. The molecule has 3 rings (SSSR count). The molecule has 0 bridgehead atoms. The van der Waals surface area contributed by atoms with E-state index in [1.54, 1.807) is 13.0 Å². The van der Waals surface area contributed by atoms with Crippen LogP contribution in [-0.2, 0) is 4.74 Å². The second kappa shape index (κ2) is 8.44. The summed E-state index contributed by atoms with van der Waals surface area (Å²) in [5.74, 6) is -0.924. The van der Waals surface area contributed by atoms with Crippen LogP contribution in [0.15, 0.2) is 39.4 Å². The Bertz CT molecular complexity index is 1060. The van der Waals surface area contributed by atoms with Crippen molar-refractivity contribution in [1.29, 1.82) is 0 Å². The number of pyridine rings is 1. The number of fused-ring (bicyclic) bond motifs is 1. The van der Waals surface area contributed by atoms with Gasteiger partial charge < -0.3 is 13.9 Å². The lowest BCUT2D eigenvalue weighted by molar-refractivity contribution is 0.167. The van der Waals surface area contributed by atoms with E-state index < -0.39 is 18.0 Å². The largest absolute Gasteiger partial charge is 0.450 e. The Morgan fingerprint density at radius 1 is 1.29 bits per heavy atom. The molecule has 146 valence electrons. The number of amides is 2. The summed E-state index contributed by atoms with van der Waals surface area (Å²) in [6.45, 7) is 1.77. The molecule has 0 unspecified atom stereocenters. The molecule has 0 aliphatic carbocycles. The molecular formula is C17H12BrClFN3O5. The lowest BCUT2D eigenvalue weighted by Gasteiger charge is -2.08. The number of aromatic nitrogens is 1. The summed E-state index contributed by atoms with van der Waals surface area (Å²) >= 11 is 8.98. The molecule has 2 aromatic heterocycles. The quantitative estimate of drug-likeness (QED) is 0.515. The number of nitrogens with zero attached hydrogens (tertiary/aromatic N) is 1. The molecule has 1 aromatic carbocycles. The van der Waals surface area contributed by atoms with E-state index in [0.29, 0.717) is 4.47 Å². The van der Waals surface area contributed by atoms with Gasteiger partial charge in [0.25, 0.3) is 0 Å². The molecule has 2 heterocycles. The average Bonchev–Trinajstić information content (AvgIpc) is 2.97. The number of rotatable bonds is 4. The second-order valence-corrected chi connectivity index (χ2v) is 6.48. The molecule has 28 heavy (non-hydrogen) atoms. The lowest BCUT2D eigenvalue weighted by Crippen LogP contribution is -2.18. The third kappa shape index (κ3) is 4.34. The SMILES string of the molecule is CCOC(=O)Nc1oc2c(Br)ccnc2c1OC(=O)Nc1ccc(F)c(Cl)c1. The van der Waals surface area contributed by atoms with Crippen LogP contribution in [0.5, 0.6) is 5.75 Å². The van der Waals surface area contributed by atoms with E-state index in [1.807, 2.05) is 0 Å². The number of hydrogen-bond acceptors (Lipinski definition) is 6. The predicted molar refractivity (Wildman–Crippen MR) is 103 cm³/mol. The fraction of sp³-hybridized carbons (Fsp3) is 0.118. The van der Waals surface area contributed by atoms with Gasteiger partial charge in [-0.25, -0.2) is 19.0 Å². The van der Waals surface area contributed by atoms with Crippen molar-refractivity contribution < 1.29 is 27.9 Å². The summed E-state index contributed by atoms with van der Waals surface area (Å²) < 4.78 is 29.4. The Labute approximate surface area is 171 Å². The van der Waals surface area contributed by atoms with Crippen molar-refractivity contribution in [2.24, 2.45) is 0 Å². The van der Waals surface area contributed by atoms with Gasteiger partial charge in [0, 0.05) is 11.9 Å². The van der Waals surface area contributed by atoms with Crippen LogP contribution in [0, 0.1) is 5.82 Å². The maximum absolute atomic E-state index is 13.2. The van der Waals surface area contributed by atoms with Crippen LogP contribution in [0.2, 0.25) is 5.02 Å². The fourth-order valence-electron chi connectivity index (χ4n) is 2.19. The minimum Gasteiger partial charge on any atom is -0.450 e. The molecule has 0 saturated heterocycles. The first-order valence-electron chi connectivity index (χ1n) is 7.83. The minimum atomic E-state index is -0.931. The van der Waals surface area contributed by atoms with Crippen molar-refractivity contribution >= 4 is 62.4 Å². The summed E-state index contributed by atoms with van der Waals surface area (Å²) in [5.41, 5.74) is 0.647. The molecular weight excluding hydrogens is 461 g/mol. The highest BCUT2D eigenvalue weighted by Gasteiger charge is 2.23. The van der Waals surface area contributed by atoms with E-state index in [9.17, 15) is 14.0 Å². The molecule has 0 atom stereocenters. The highest BCUT2D eigenvalue weighted by Crippen LogP contribution is 2.39. The van der Waals surface area contributed by atoms with Gasteiger partial charge in [0.2, 0.25) is 11.6 Å². The molecule has 0 saturated carbocycles. The molecule has 8 nitrogen and oxygen atoms in total. The van der Waals surface area contributed by atoms with Crippen LogP contribution in [-0.4, -0.2) is 23.8 Å². The van der Waals surface area contributed by atoms with Crippen LogP contribution in [0.4, 0.5) is 25.6 Å². The normalized spacial score (nSPS) is 10.6. The number of benzene rings is 1. The third-order valence-corrected chi connectivity index (χ3v) is 4.25. The zero-order chi connectivity index (χ0) is 20.3. The van der Waals surface area contributed by atoms with E-state index in [-0.39, 0.29) is 40.1 Å². The van der Waals surface area contributed by atoms with Crippen molar-refractivity contribution in [1.82, 2.24) is 4.98 Å². The Hall–Kier alpha value is -2.85. The van der Waals surface area contributed by atoms with E-state index in [4.69, 9.17) is 25.5 Å². The number of hydrogen-bond donors (Lipinski definition) is 2. The molecule has 0 aliphatic rings. The van der Waals surface area contributed by atoms with Gasteiger partial charge in [-0.2, -0.15) is 0 Å². The molecule has 2 N–H and O–H groups in total. The van der Waals surface area contributed by atoms with Gasteiger partial charge in [-0.3, -0.25) is 10.6 Å². The Balaban J connectivity index is 1.89. The number of furan rings is 1. The molecule has 3 aromatic rings. The van der Waals surface area contributed by atoms with Crippen LogP contribution in [0.3, 0.4) is 0 Å². The average molecular weight is 473 g/mol. The number of halogens is 3. The topological polar surface area (TPSA) is 103 Å². The summed E-state index contributed by atoms with van der Waals surface area (Å²) in [4.78, 5) is 28.1. The molecule has 0 radical (unpaired) electrons. The maximum Gasteiger partial charge on any atom is 0.417 e. The van der Waals surface area contributed by atoms with E-state index in [2.05, 4.69) is 31.5 Å². The van der Waals surface area contributed by atoms with Gasteiger partial charge in [-0.15, -0.1) is 0 Å². The van der Waals surface area contributed by atoms with Gasteiger partial charge in [0.05, 0.1) is 16.1 Å². The van der Waals surface area contributed by atoms with Crippen molar-refractivity contribution in [3.63, 3.8) is 0 Å². The standard InChI is InChI=1S/C17H12BrClFN3O5/c1-2-26-16(24)23-15-14(12-13(27-15)9(18)5-6-21-12)28-17(25)22-8-3-4-11(20)10(19)7-8/h3-7H,2H2,1H3,(H,22,25)(H,23,24). The van der Waals surface area contributed by atoms with Crippen molar-refractivity contribution in [2.45, 2.75) is 6.92 Å². The highest BCUT2D eigenvalue weighted by molar-refractivity contribution is 9.10. The van der Waals surface area contributed by atoms with Gasteiger partial charge in [0.1, 0.15) is 5.82 Å². The van der Waals surface area contributed by atoms with Crippen LogP contribution in [0.1, 0.15) is 6.92 Å². The predicted octanol–water partition coefficient (Wildman–Crippen LogP) is 5.56. The summed E-state index contributed by atoms with van der Waals surface area (Å²) in [5, 5.41) is 4.58. The van der Waals surface area contributed by atoms with Gasteiger partial charge in [-0.05, 0) is 47.1 Å². The number of ether oxygens (including phenoxy) is 2. The van der Waals surface area contributed by atoms with Crippen LogP contribution < -0.4 is 15.4 Å². The zero-order valence-electron chi connectivity index (χ0n) is 14.2. The molecule has 0 aliphatic heterocycles. The number of anilines is 2. The number of carbonyl (C=O) groups excluding carboxylic acids is 2. The molecule has 11 heteroatoms. The fourth-order valence-corrected chi connectivity index (χ4v) is 2.75. The third-order valence-electron chi connectivity index (χ3n) is 3.33. The van der Waals surface area contributed by atoms with Gasteiger partial charge in [-0.1, -0.05) is 11.6 Å². The highest BCUT2D eigenvalue weighted by atomic mass is 79.9. The summed E-state index contributed by atoms with van der Waals surface area (Å²) in [6.07, 6.45) is -0.270. The lowest BCUT2D eigenvalue weighted by atomic mass is 10.3. The summed E-state index contributed by atoms with van der Waals surface area (Å²) in [7, 11) is 0. The first-order valence-corrected chi connectivity index (χ1v) is 9.00. The van der Waals surface area contributed by atoms with E-state index in [0.717, 1.165) is 6.07 Å². The molecule has 0 fully saturated rings. The minimum absolute atomic E-state index is 0.130. The Morgan fingerprint density at radius 2 is 2.07 bits per heavy atom. The van der Waals surface area contributed by atoms with E-state index in [1.165, 1.54) is 18.3 Å². The first-order chi connectivity index (χ1) is 13.4. The monoisotopic (exact) mass is 471 g/mol. The number of nitrogens with one attached hydrogen (secondary N) is 2. The van der Waals surface area contributed by atoms with Crippen molar-refractivity contribution in [3.8, 4) is 5.75 Å². The summed E-state index contributed by atoms with van der Waals surface area (Å²) in [6, 6.07) is 5.24. The van der Waals surface area contributed by atoms with E-state index >= 15 is 0 Å². The maximum atomic E-state index is 13.2. The van der Waals surface area contributed by atoms with Crippen molar-refractivity contribution in [3.05, 3.63) is 45.8 Å². The Morgan fingerprint density at radius 3 is 2.79 bits per heavy atom. The van der Waals surface area contributed by atoms with Gasteiger partial charge in [0.15, 0.2) is 11.1 Å². The molecule has 2 amide bonds.